The molecule has 2 aromatic rings. The smallest absolute Gasteiger partial charge is 0.130 e. The van der Waals surface area contributed by atoms with E-state index in [1.54, 1.807) is 18.1 Å². The van der Waals surface area contributed by atoms with E-state index in [-0.39, 0.29) is 6.04 Å². The largest absolute Gasteiger partial charge is 0.362 e. The number of rotatable bonds is 5. The van der Waals surface area contributed by atoms with Gasteiger partial charge in [0, 0.05) is 11.9 Å². The maximum atomic E-state index is 6.01. The second-order valence-corrected chi connectivity index (χ2v) is 4.84. The summed E-state index contributed by atoms with van der Waals surface area (Å²) < 4.78 is 0. The normalized spacial score (nSPS) is 12.1. The van der Waals surface area contributed by atoms with Crippen molar-refractivity contribution in [3.05, 3.63) is 48.3 Å². The van der Waals surface area contributed by atoms with E-state index in [9.17, 15) is 0 Å². The third-order valence-electron chi connectivity index (χ3n) is 2.53. The predicted octanol–water partition coefficient (Wildman–Crippen LogP) is 3.59. The summed E-state index contributed by atoms with van der Waals surface area (Å²) in [6.45, 7) is 0. The van der Waals surface area contributed by atoms with Crippen molar-refractivity contribution in [1.82, 2.24) is 9.97 Å². The third kappa shape index (κ3) is 3.37. The molecule has 0 aliphatic carbocycles. The minimum absolute atomic E-state index is 0.0532. The lowest BCUT2D eigenvalue weighted by Gasteiger charge is -2.17. The average molecular weight is 280 g/mol. The Hall–Kier alpha value is -1.26. The standard InChI is InChI=1S/C13H14ClN3S/c1-18-13-7-12(15-9-16-13)17-11(8-14)10-5-3-2-4-6-10/h2-7,9,11H,8H2,1H3,(H,15,16,17). The molecule has 2 rings (SSSR count). The summed E-state index contributed by atoms with van der Waals surface area (Å²) in [6, 6.07) is 12.1. The molecule has 0 amide bonds. The predicted molar refractivity (Wildman–Crippen MR) is 77.3 cm³/mol. The fraction of sp³-hybridized carbons (Fsp3) is 0.231. The molecule has 0 saturated carbocycles. The van der Waals surface area contributed by atoms with Gasteiger partial charge >= 0.3 is 0 Å². The molecule has 1 aromatic heterocycles. The molecule has 0 radical (unpaired) electrons. The molecule has 0 spiro atoms. The molecule has 1 atom stereocenters. The highest BCUT2D eigenvalue weighted by molar-refractivity contribution is 7.98. The minimum atomic E-state index is 0.0532. The molecular weight excluding hydrogens is 266 g/mol. The van der Waals surface area contributed by atoms with Crippen LogP contribution < -0.4 is 5.32 Å². The number of nitrogens with one attached hydrogen (secondary N) is 1. The van der Waals surface area contributed by atoms with E-state index < -0.39 is 0 Å². The van der Waals surface area contributed by atoms with Crippen LogP contribution in [0.25, 0.3) is 0 Å². The van der Waals surface area contributed by atoms with E-state index in [2.05, 4.69) is 27.4 Å². The van der Waals surface area contributed by atoms with E-state index in [1.165, 1.54) is 0 Å². The summed E-state index contributed by atoms with van der Waals surface area (Å²) in [5.41, 5.74) is 1.15. The number of hydrogen-bond donors (Lipinski definition) is 1. The number of anilines is 1. The number of hydrogen-bond acceptors (Lipinski definition) is 4. The zero-order valence-corrected chi connectivity index (χ0v) is 11.6. The molecule has 1 unspecified atom stereocenters. The van der Waals surface area contributed by atoms with Crippen molar-refractivity contribution in [3.8, 4) is 0 Å². The second-order valence-electron chi connectivity index (χ2n) is 3.71. The Labute approximate surface area is 116 Å². The van der Waals surface area contributed by atoms with Crippen LogP contribution in [0, 0.1) is 0 Å². The van der Waals surface area contributed by atoms with Crippen molar-refractivity contribution in [3.63, 3.8) is 0 Å². The molecule has 0 bridgehead atoms. The topological polar surface area (TPSA) is 37.8 Å². The molecule has 1 N–H and O–H groups in total. The van der Waals surface area contributed by atoms with Crippen molar-refractivity contribution in [2.24, 2.45) is 0 Å². The fourth-order valence-corrected chi connectivity index (χ4v) is 2.24. The van der Waals surface area contributed by atoms with Crippen LogP contribution in [-0.4, -0.2) is 22.1 Å². The van der Waals surface area contributed by atoms with Gasteiger partial charge < -0.3 is 5.32 Å². The van der Waals surface area contributed by atoms with Gasteiger partial charge in [-0.2, -0.15) is 0 Å². The van der Waals surface area contributed by atoms with E-state index in [4.69, 9.17) is 11.6 Å². The van der Waals surface area contributed by atoms with Crippen LogP contribution in [0.1, 0.15) is 11.6 Å². The summed E-state index contributed by atoms with van der Waals surface area (Å²) in [4.78, 5) is 8.35. The van der Waals surface area contributed by atoms with Crippen LogP contribution in [-0.2, 0) is 0 Å². The van der Waals surface area contributed by atoms with Gasteiger partial charge in [-0.05, 0) is 11.8 Å². The summed E-state index contributed by atoms with van der Waals surface area (Å²) in [6.07, 6.45) is 3.55. The van der Waals surface area contributed by atoms with Crippen molar-refractivity contribution < 1.29 is 0 Å². The first-order valence-corrected chi connectivity index (χ1v) is 7.33. The Morgan fingerprint density at radius 1 is 1.28 bits per heavy atom. The first-order chi connectivity index (χ1) is 8.83. The van der Waals surface area contributed by atoms with Crippen LogP contribution >= 0.6 is 23.4 Å². The summed E-state index contributed by atoms with van der Waals surface area (Å²) in [7, 11) is 0. The molecule has 0 aliphatic heterocycles. The van der Waals surface area contributed by atoms with E-state index in [0.29, 0.717) is 5.88 Å². The number of thioether (sulfide) groups is 1. The van der Waals surface area contributed by atoms with Gasteiger partial charge in [-0.1, -0.05) is 30.3 Å². The fourth-order valence-electron chi connectivity index (χ4n) is 1.60. The third-order valence-corrected chi connectivity index (χ3v) is 3.48. The van der Waals surface area contributed by atoms with Gasteiger partial charge in [0.1, 0.15) is 17.2 Å². The molecule has 5 heteroatoms. The number of benzene rings is 1. The zero-order valence-electron chi connectivity index (χ0n) is 10.0. The Bertz CT molecular complexity index is 493. The van der Waals surface area contributed by atoms with Gasteiger partial charge in [0.25, 0.3) is 0 Å². The van der Waals surface area contributed by atoms with Crippen molar-refractivity contribution in [2.75, 3.05) is 17.5 Å². The highest BCUT2D eigenvalue weighted by Gasteiger charge is 2.10. The summed E-state index contributed by atoms with van der Waals surface area (Å²) >= 11 is 7.60. The molecule has 94 valence electrons. The molecule has 18 heavy (non-hydrogen) atoms. The quantitative estimate of drug-likeness (QED) is 0.516. The van der Waals surface area contributed by atoms with Gasteiger partial charge in [-0.3, -0.25) is 0 Å². The Morgan fingerprint density at radius 3 is 2.72 bits per heavy atom. The van der Waals surface area contributed by atoms with E-state index in [0.717, 1.165) is 16.4 Å². The van der Waals surface area contributed by atoms with Crippen molar-refractivity contribution in [1.29, 1.82) is 0 Å². The molecule has 0 fully saturated rings. The number of halogens is 1. The molecule has 0 saturated heterocycles. The first-order valence-electron chi connectivity index (χ1n) is 5.57. The van der Waals surface area contributed by atoms with Crippen LogP contribution in [0.4, 0.5) is 5.82 Å². The summed E-state index contributed by atoms with van der Waals surface area (Å²) in [5, 5.41) is 4.26. The maximum absolute atomic E-state index is 6.01. The first kappa shape index (κ1) is 13.2. The zero-order chi connectivity index (χ0) is 12.8. The Balaban J connectivity index is 2.15. The van der Waals surface area contributed by atoms with Gasteiger partial charge in [0.05, 0.1) is 6.04 Å². The van der Waals surface area contributed by atoms with Gasteiger partial charge in [-0.25, -0.2) is 9.97 Å². The second kappa shape index (κ2) is 6.61. The molecule has 0 aliphatic rings. The lowest BCUT2D eigenvalue weighted by molar-refractivity contribution is 0.874. The van der Waals surface area contributed by atoms with Crippen LogP contribution in [0.5, 0.6) is 0 Å². The number of aromatic nitrogens is 2. The van der Waals surface area contributed by atoms with Gasteiger partial charge in [0.2, 0.25) is 0 Å². The average Bonchev–Trinajstić information content (AvgIpc) is 2.46. The molecule has 1 heterocycles. The van der Waals surface area contributed by atoms with Crippen LogP contribution in [0.15, 0.2) is 47.8 Å². The maximum Gasteiger partial charge on any atom is 0.130 e. The van der Waals surface area contributed by atoms with Crippen LogP contribution in [0.2, 0.25) is 0 Å². The Morgan fingerprint density at radius 2 is 2.06 bits per heavy atom. The molecular formula is C13H14ClN3S. The van der Waals surface area contributed by atoms with Gasteiger partial charge in [0.15, 0.2) is 0 Å². The molecule has 3 nitrogen and oxygen atoms in total. The number of alkyl halides is 1. The lowest BCUT2D eigenvalue weighted by Crippen LogP contribution is -2.13. The van der Waals surface area contributed by atoms with Crippen molar-refractivity contribution >= 4 is 29.2 Å². The van der Waals surface area contributed by atoms with Crippen molar-refractivity contribution in [2.45, 2.75) is 11.1 Å². The Kier molecular flexibility index (Phi) is 4.84. The summed E-state index contributed by atoms with van der Waals surface area (Å²) in [5.74, 6) is 1.28. The van der Waals surface area contributed by atoms with Gasteiger partial charge in [-0.15, -0.1) is 23.4 Å². The highest BCUT2D eigenvalue weighted by atomic mass is 35.5. The van der Waals surface area contributed by atoms with E-state index >= 15 is 0 Å². The lowest BCUT2D eigenvalue weighted by atomic mass is 10.1. The van der Waals surface area contributed by atoms with Crippen LogP contribution in [0.3, 0.4) is 0 Å². The number of nitrogens with zero attached hydrogens (tertiary/aromatic N) is 2. The monoisotopic (exact) mass is 279 g/mol. The SMILES string of the molecule is CSc1cc(NC(CCl)c2ccccc2)ncn1. The molecule has 1 aromatic carbocycles. The minimum Gasteiger partial charge on any atom is -0.362 e. The van der Waals surface area contributed by atoms with E-state index in [1.807, 2.05) is 30.5 Å². The highest BCUT2D eigenvalue weighted by Crippen LogP contribution is 2.21.